The van der Waals surface area contributed by atoms with E-state index in [1.807, 2.05) is 13.8 Å². The van der Waals surface area contributed by atoms with Crippen molar-refractivity contribution in [1.82, 2.24) is 4.31 Å². The second-order valence-corrected chi connectivity index (χ2v) is 9.75. The van der Waals surface area contributed by atoms with Crippen LogP contribution in [0, 0.1) is 5.92 Å². The van der Waals surface area contributed by atoms with Crippen molar-refractivity contribution < 1.29 is 16.8 Å². The van der Waals surface area contributed by atoms with Crippen molar-refractivity contribution in [3.05, 3.63) is 24.3 Å². The lowest BCUT2D eigenvalue weighted by molar-refractivity contribution is 0.202. The molecule has 0 amide bonds. The topological polar surface area (TPSA) is 71.5 Å². The molecule has 0 radical (unpaired) electrons. The highest BCUT2D eigenvalue weighted by Gasteiger charge is 2.37. The standard InChI is InChI=1S/C13H18ClNO4S2/c1-10-6-5-9-15(11(10)2)21(18,19)13-8-4-3-7-12(13)20(14,16)17/h3-4,7-8,10-11H,5-6,9H2,1-2H3. The summed E-state index contributed by atoms with van der Waals surface area (Å²) in [5.74, 6) is 0.230. The Bertz CT molecular complexity index is 730. The fourth-order valence-corrected chi connectivity index (χ4v) is 6.20. The Morgan fingerprint density at radius 1 is 1.10 bits per heavy atom. The first kappa shape index (κ1) is 16.7. The summed E-state index contributed by atoms with van der Waals surface area (Å²) in [6, 6.07) is 5.28. The average Bonchev–Trinajstić information content (AvgIpc) is 2.41. The summed E-state index contributed by atoms with van der Waals surface area (Å²) in [7, 11) is -2.65. The molecule has 0 saturated carbocycles. The van der Waals surface area contributed by atoms with E-state index >= 15 is 0 Å². The van der Waals surface area contributed by atoms with Gasteiger partial charge in [0.15, 0.2) is 0 Å². The zero-order chi connectivity index (χ0) is 15.8. The van der Waals surface area contributed by atoms with Crippen LogP contribution in [0.2, 0.25) is 0 Å². The zero-order valence-corrected chi connectivity index (χ0v) is 14.2. The van der Waals surface area contributed by atoms with Crippen molar-refractivity contribution in [2.45, 2.75) is 42.5 Å². The van der Waals surface area contributed by atoms with Gasteiger partial charge in [-0.25, -0.2) is 16.8 Å². The van der Waals surface area contributed by atoms with Gasteiger partial charge in [-0.05, 0) is 37.8 Å². The van der Waals surface area contributed by atoms with E-state index in [2.05, 4.69) is 0 Å². The normalized spacial score (nSPS) is 24.9. The monoisotopic (exact) mass is 351 g/mol. The van der Waals surface area contributed by atoms with Gasteiger partial charge in [0, 0.05) is 23.3 Å². The van der Waals surface area contributed by atoms with Crippen LogP contribution in [0.15, 0.2) is 34.1 Å². The quantitative estimate of drug-likeness (QED) is 0.784. The first-order chi connectivity index (χ1) is 9.65. The highest BCUT2D eigenvalue weighted by Crippen LogP contribution is 2.32. The van der Waals surface area contributed by atoms with Gasteiger partial charge in [-0.2, -0.15) is 4.31 Å². The molecule has 0 spiro atoms. The first-order valence-corrected chi connectivity index (χ1v) is 10.5. The van der Waals surface area contributed by atoms with Crippen LogP contribution in [0.1, 0.15) is 26.7 Å². The predicted octanol–water partition coefficient (Wildman–Crippen LogP) is 2.42. The van der Waals surface area contributed by atoms with E-state index in [4.69, 9.17) is 10.7 Å². The number of halogens is 1. The van der Waals surface area contributed by atoms with E-state index < -0.39 is 19.1 Å². The van der Waals surface area contributed by atoms with Crippen LogP contribution < -0.4 is 0 Å². The Morgan fingerprint density at radius 3 is 2.24 bits per heavy atom. The van der Waals surface area contributed by atoms with Gasteiger partial charge < -0.3 is 0 Å². The van der Waals surface area contributed by atoms with Crippen molar-refractivity contribution in [3.8, 4) is 0 Å². The molecule has 2 unspecified atom stereocenters. The zero-order valence-electron chi connectivity index (χ0n) is 11.9. The largest absolute Gasteiger partial charge is 0.262 e. The van der Waals surface area contributed by atoms with Gasteiger partial charge in [0.2, 0.25) is 10.0 Å². The molecule has 0 N–H and O–H groups in total. The van der Waals surface area contributed by atoms with E-state index in [0.29, 0.717) is 6.54 Å². The van der Waals surface area contributed by atoms with Gasteiger partial charge in [0.1, 0.15) is 9.79 Å². The summed E-state index contributed by atoms with van der Waals surface area (Å²) in [5.41, 5.74) is 0. The molecule has 5 nitrogen and oxygen atoms in total. The third kappa shape index (κ3) is 3.26. The van der Waals surface area contributed by atoms with Crippen LogP contribution in [0.25, 0.3) is 0 Å². The molecular formula is C13H18ClNO4S2. The fraction of sp³-hybridized carbons (Fsp3) is 0.538. The number of rotatable bonds is 3. The van der Waals surface area contributed by atoms with Crippen LogP contribution in [-0.2, 0) is 19.1 Å². The van der Waals surface area contributed by atoms with E-state index in [1.165, 1.54) is 28.6 Å². The Hall–Kier alpha value is -0.630. The number of sulfonamides is 1. The van der Waals surface area contributed by atoms with Gasteiger partial charge in [0.05, 0.1) is 0 Å². The average molecular weight is 352 g/mol. The molecule has 118 valence electrons. The molecule has 0 aromatic heterocycles. The molecule has 1 aliphatic rings. The maximum absolute atomic E-state index is 12.8. The third-order valence-electron chi connectivity index (χ3n) is 4.01. The molecule has 2 rings (SSSR count). The number of benzene rings is 1. The maximum Gasteiger partial charge on any atom is 0.262 e. The lowest BCUT2D eigenvalue weighted by Crippen LogP contribution is -2.46. The minimum atomic E-state index is -4.12. The SMILES string of the molecule is CC1CCCN(S(=O)(=O)c2ccccc2S(=O)(=O)Cl)C1C. The van der Waals surface area contributed by atoms with Gasteiger partial charge >= 0.3 is 0 Å². The van der Waals surface area contributed by atoms with Gasteiger partial charge in [0.25, 0.3) is 9.05 Å². The summed E-state index contributed by atoms with van der Waals surface area (Å²) in [6.07, 6.45) is 1.73. The number of hydrogen-bond donors (Lipinski definition) is 0. The molecule has 21 heavy (non-hydrogen) atoms. The van der Waals surface area contributed by atoms with E-state index in [-0.39, 0.29) is 21.8 Å². The number of nitrogens with zero attached hydrogens (tertiary/aromatic N) is 1. The molecular weight excluding hydrogens is 334 g/mol. The Kier molecular flexibility index (Phi) is 4.68. The molecule has 1 saturated heterocycles. The summed E-state index contributed by atoms with van der Waals surface area (Å²) >= 11 is 0. The van der Waals surface area contributed by atoms with Crippen molar-refractivity contribution in [1.29, 1.82) is 0 Å². The maximum atomic E-state index is 12.8. The summed E-state index contributed by atoms with van der Waals surface area (Å²) in [5, 5.41) is 0. The summed E-state index contributed by atoms with van der Waals surface area (Å²) < 4.78 is 50.2. The molecule has 1 aromatic rings. The smallest absolute Gasteiger partial charge is 0.207 e. The molecule has 0 bridgehead atoms. The molecule has 1 aliphatic heterocycles. The first-order valence-electron chi connectivity index (χ1n) is 6.71. The molecule has 2 atom stereocenters. The summed E-state index contributed by atoms with van der Waals surface area (Å²) in [4.78, 5) is -0.613. The molecule has 1 fully saturated rings. The molecule has 1 heterocycles. The van der Waals surface area contributed by atoms with Crippen molar-refractivity contribution in [2.24, 2.45) is 5.92 Å². The van der Waals surface area contributed by atoms with E-state index in [0.717, 1.165) is 12.8 Å². The van der Waals surface area contributed by atoms with Gasteiger partial charge in [-0.3, -0.25) is 0 Å². The molecule has 0 aliphatic carbocycles. The van der Waals surface area contributed by atoms with Crippen molar-refractivity contribution in [3.63, 3.8) is 0 Å². The van der Waals surface area contributed by atoms with Crippen LogP contribution in [-0.4, -0.2) is 33.7 Å². The minimum absolute atomic E-state index is 0.171. The van der Waals surface area contributed by atoms with Gasteiger partial charge in [-0.15, -0.1) is 0 Å². The van der Waals surface area contributed by atoms with E-state index in [9.17, 15) is 16.8 Å². The fourth-order valence-electron chi connectivity index (χ4n) is 2.63. The Labute approximate surface area is 130 Å². The van der Waals surface area contributed by atoms with Crippen LogP contribution in [0.5, 0.6) is 0 Å². The minimum Gasteiger partial charge on any atom is -0.207 e. The lowest BCUT2D eigenvalue weighted by atomic mass is 9.94. The highest BCUT2D eigenvalue weighted by atomic mass is 35.7. The Morgan fingerprint density at radius 2 is 1.67 bits per heavy atom. The third-order valence-corrected chi connectivity index (χ3v) is 7.57. The van der Waals surface area contributed by atoms with Crippen LogP contribution >= 0.6 is 10.7 Å². The van der Waals surface area contributed by atoms with Crippen molar-refractivity contribution >= 4 is 29.8 Å². The Balaban J connectivity index is 2.55. The van der Waals surface area contributed by atoms with Gasteiger partial charge in [-0.1, -0.05) is 19.1 Å². The summed E-state index contributed by atoms with van der Waals surface area (Å²) in [6.45, 7) is 4.24. The predicted molar refractivity (Wildman–Crippen MR) is 81.2 cm³/mol. The number of piperidine rings is 1. The van der Waals surface area contributed by atoms with E-state index in [1.54, 1.807) is 0 Å². The second kappa shape index (κ2) is 5.87. The van der Waals surface area contributed by atoms with Crippen LogP contribution in [0.3, 0.4) is 0 Å². The lowest BCUT2D eigenvalue weighted by Gasteiger charge is -2.37. The second-order valence-electron chi connectivity index (χ2n) is 5.36. The van der Waals surface area contributed by atoms with Crippen molar-refractivity contribution in [2.75, 3.05) is 6.54 Å². The molecule has 8 heteroatoms. The molecule has 1 aromatic carbocycles. The number of hydrogen-bond acceptors (Lipinski definition) is 4. The highest BCUT2D eigenvalue weighted by molar-refractivity contribution is 8.14. The van der Waals surface area contributed by atoms with Crippen LogP contribution in [0.4, 0.5) is 0 Å².